The van der Waals surface area contributed by atoms with Gasteiger partial charge in [-0.3, -0.25) is 24.0 Å². The Labute approximate surface area is 284 Å². The first kappa shape index (κ1) is 34.8. The topological polar surface area (TPSA) is 113 Å². The molecule has 1 saturated carbocycles. The van der Waals surface area contributed by atoms with E-state index in [2.05, 4.69) is 5.32 Å². The van der Waals surface area contributed by atoms with Gasteiger partial charge in [0, 0.05) is 37.8 Å². The van der Waals surface area contributed by atoms with Crippen molar-refractivity contribution in [3.05, 3.63) is 63.4 Å². The minimum Gasteiger partial charge on any atom is -0.463 e. The lowest BCUT2D eigenvalue weighted by Gasteiger charge is -2.39. The maximum atomic E-state index is 16.3. The molecule has 3 aliphatic rings. The minimum absolute atomic E-state index is 0.0153. The van der Waals surface area contributed by atoms with E-state index in [1.807, 2.05) is 20.8 Å². The van der Waals surface area contributed by atoms with Gasteiger partial charge in [-0.05, 0) is 66.8 Å². The van der Waals surface area contributed by atoms with Crippen molar-refractivity contribution in [2.75, 3.05) is 4.90 Å². The molecule has 1 aliphatic carbocycles. The fraction of sp³-hybridized carbons (Fsp3) is 0.514. The first-order chi connectivity index (χ1) is 22.0. The van der Waals surface area contributed by atoms with E-state index in [1.165, 1.54) is 43.9 Å². The third kappa shape index (κ3) is 6.15. The maximum Gasteiger partial charge on any atom is 0.302 e. The Morgan fingerprint density at radius 1 is 1.00 bits per heavy atom. The van der Waals surface area contributed by atoms with Gasteiger partial charge >= 0.3 is 5.97 Å². The van der Waals surface area contributed by atoms with Crippen LogP contribution in [0.2, 0.25) is 10.0 Å². The third-order valence-electron chi connectivity index (χ3n) is 9.59. The number of fused-ring (bicyclic) bond motifs is 2. The van der Waals surface area contributed by atoms with E-state index in [0.29, 0.717) is 31.2 Å². The maximum absolute atomic E-state index is 16.3. The molecule has 2 aromatic rings. The van der Waals surface area contributed by atoms with Crippen molar-refractivity contribution in [1.29, 1.82) is 0 Å². The summed E-state index contributed by atoms with van der Waals surface area (Å²) >= 11 is 12.7. The molecule has 2 aromatic carbocycles. The highest BCUT2D eigenvalue weighted by molar-refractivity contribution is 6.32. The Hall–Kier alpha value is -3.50. The van der Waals surface area contributed by atoms with Crippen molar-refractivity contribution in [2.45, 2.75) is 109 Å². The van der Waals surface area contributed by atoms with Crippen LogP contribution in [0.3, 0.4) is 0 Å². The number of nitrogens with zero attached hydrogens (tertiary/aromatic N) is 2. The van der Waals surface area contributed by atoms with Gasteiger partial charge in [0.2, 0.25) is 23.6 Å². The highest BCUT2D eigenvalue weighted by Gasteiger charge is 2.71. The Balaban J connectivity index is 1.75. The fourth-order valence-electron chi connectivity index (χ4n) is 7.97. The van der Waals surface area contributed by atoms with Crippen LogP contribution >= 0.6 is 23.2 Å². The largest absolute Gasteiger partial charge is 0.463 e. The molecule has 0 unspecified atom stereocenters. The Bertz CT molecular complexity index is 1640. The van der Waals surface area contributed by atoms with Crippen molar-refractivity contribution < 1.29 is 33.1 Å². The highest BCUT2D eigenvalue weighted by Crippen LogP contribution is 2.62. The zero-order valence-electron chi connectivity index (χ0n) is 27.4. The standard InChI is InChI=1S/C35H40Cl2FN3O6/c1-18(42)40-27-16-21(36)10-15-25(27)35(33(40)46)28(17-34(4,5)6)41(19(2)43)31(29(35)24-8-7-9-26(37)30(24)38)32(45)39-22-11-13-23(14-12-22)47-20(3)44/h7-10,15-16,22-23,28-29,31H,11-14,17H2,1-6H3,(H,39,45)/t22?,23?,28-,29-,31+,35+/m0/s1. The van der Waals surface area contributed by atoms with Gasteiger partial charge in [0.25, 0.3) is 0 Å². The Morgan fingerprint density at radius 2 is 1.66 bits per heavy atom. The molecule has 0 radical (unpaired) electrons. The summed E-state index contributed by atoms with van der Waals surface area (Å²) in [5.41, 5.74) is -1.65. The number of esters is 1. The first-order valence-corrected chi connectivity index (χ1v) is 16.6. The number of hydrogen-bond donors (Lipinski definition) is 1. The molecule has 4 amide bonds. The van der Waals surface area contributed by atoms with Gasteiger partial charge in [-0.1, -0.05) is 62.2 Å². The number of anilines is 1. The average Bonchev–Trinajstić information content (AvgIpc) is 3.39. The molecule has 12 heteroatoms. The Morgan fingerprint density at radius 3 is 2.23 bits per heavy atom. The van der Waals surface area contributed by atoms with Crippen molar-refractivity contribution in [3.8, 4) is 0 Å². The van der Waals surface area contributed by atoms with E-state index in [-0.39, 0.29) is 45.8 Å². The smallest absolute Gasteiger partial charge is 0.302 e. The van der Waals surface area contributed by atoms with Crippen LogP contribution in [0.15, 0.2) is 36.4 Å². The fourth-order valence-corrected chi connectivity index (χ4v) is 8.32. The molecule has 2 aliphatic heterocycles. The van der Waals surface area contributed by atoms with Crippen molar-refractivity contribution in [3.63, 3.8) is 0 Å². The number of carbonyl (C=O) groups excluding carboxylic acids is 5. The predicted molar refractivity (Wildman–Crippen MR) is 176 cm³/mol. The predicted octanol–water partition coefficient (Wildman–Crippen LogP) is 6.07. The van der Waals surface area contributed by atoms with Crippen LogP contribution in [-0.2, 0) is 34.1 Å². The number of carbonyl (C=O) groups is 5. The van der Waals surface area contributed by atoms with E-state index >= 15 is 9.18 Å². The normalized spacial score (nSPS) is 27.2. The summed E-state index contributed by atoms with van der Waals surface area (Å²) in [4.78, 5) is 70.6. The number of halogens is 3. The first-order valence-electron chi connectivity index (χ1n) is 15.8. The van der Waals surface area contributed by atoms with Gasteiger partial charge < -0.3 is 15.0 Å². The van der Waals surface area contributed by atoms with Crippen LogP contribution in [-0.4, -0.2) is 58.7 Å². The SMILES string of the molecule is CC(=O)OC1CCC(NC(=O)[C@H]2[C@H](c3cccc(Cl)c3F)[C@]3(C(=O)N(C(C)=O)c4cc(Cl)ccc43)[C@H](CC(C)(C)C)N2C(C)=O)CC1. The summed E-state index contributed by atoms with van der Waals surface area (Å²) in [6.07, 6.45) is 2.08. The second-order valence-corrected chi connectivity index (χ2v) is 14.9. The molecule has 1 spiro atoms. The summed E-state index contributed by atoms with van der Waals surface area (Å²) in [6.45, 7) is 9.79. The molecule has 1 N–H and O–H groups in total. The summed E-state index contributed by atoms with van der Waals surface area (Å²) in [5, 5.41) is 3.15. The molecular formula is C35H40Cl2FN3O6. The number of amides is 4. The lowest BCUT2D eigenvalue weighted by atomic mass is 9.62. The molecule has 0 aromatic heterocycles. The quantitative estimate of drug-likeness (QED) is 0.382. The number of hydrogen-bond acceptors (Lipinski definition) is 6. The molecule has 5 rings (SSSR count). The summed E-state index contributed by atoms with van der Waals surface area (Å²) in [6, 6.07) is 6.51. The molecule has 4 atom stereocenters. The second-order valence-electron chi connectivity index (χ2n) is 14.1. The number of likely N-dealkylation sites (tertiary alicyclic amines) is 1. The van der Waals surface area contributed by atoms with Crippen LogP contribution < -0.4 is 10.2 Å². The van der Waals surface area contributed by atoms with Gasteiger partial charge in [-0.25, -0.2) is 9.29 Å². The second kappa shape index (κ2) is 12.8. The monoisotopic (exact) mass is 687 g/mol. The van der Waals surface area contributed by atoms with E-state index in [1.54, 1.807) is 18.2 Å². The lowest BCUT2D eigenvalue weighted by Crippen LogP contribution is -2.54. The average molecular weight is 689 g/mol. The van der Waals surface area contributed by atoms with Crippen LogP contribution in [0, 0.1) is 11.2 Å². The number of benzene rings is 2. The zero-order valence-corrected chi connectivity index (χ0v) is 28.9. The van der Waals surface area contributed by atoms with E-state index in [4.69, 9.17) is 27.9 Å². The van der Waals surface area contributed by atoms with Crippen LogP contribution in [0.25, 0.3) is 0 Å². The van der Waals surface area contributed by atoms with E-state index < -0.39 is 58.3 Å². The molecule has 1 saturated heterocycles. The van der Waals surface area contributed by atoms with Crippen molar-refractivity contribution in [2.24, 2.45) is 5.41 Å². The summed E-state index contributed by atoms with van der Waals surface area (Å²) < 4.78 is 21.7. The van der Waals surface area contributed by atoms with Crippen LogP contribution in [0.1, 0.15) is 90.7 Å². The zero-order chi connectivity index (χ0) is 34.6. The number of imide groups is 1. The molecule has 2 fully saturated rings. The third-order valence-corrected chi connectivity index (χ3v) is 10.1. The summed E-state index contributed by atoms with van der Waals surface area (Å²) in [7, 11) is 0. The van der Waals surface area contributed by atoms with Gasteiger partial charge in [0.1, 0.15) is 23.4 Å². The van der Waals surface area contributed by atoms with E-state index in [0.717, 1.165) is 4.90 Å². The van der Waals surface area contributed by atoms with Gasteiger partial charge in [-0.2, -0.15) is 0 Å². The van der Waals surface area contributed by atoms with Crippen molar-refractivity contribution in [1.82, 2.24) is 10.2 Å². The molecule has 252 valence electrons. The number of nitrogens with one attached hydrogen (secondary N) is 1. The van der Waals surface area contributed by atoms with Crippen molar-refractivity contribution >= 4 is 58.5 Å². The molecule has 47 heavy (non-hydrogen) atoms. The van der Waals surface area contributed by atoms with Crippen LogP contribution in [0.5, 0.6) is 0 Å². The molecular weight excluding hydrogens is 648 g/mol. The summed E-state index contributed by atoms with van der Waals surface area (Å²) in [5.74, 6) is -4.74. The van der Waals surface area contributed by atoms with Crippen LogP contribution in [0.4, 0.5) is 10.1 Å². The number of rotatable bonds is 5. The minimum atomic E-state index is -1.76. The molecule has 9 nitrogen and oxygen atoms in total. The molecule has 0 bridgehead atoms. The van der Waals surface area contributed by atoms with Gasteiger partial charge in [0.15, 0.2) is 0 Å². The lowest BCUT2D eigenvalue weighted by molar-refractivity contribution is -0.148. The van der Waals surface area contributed by atoms with Gasteiger partial charge in [-0.15, -0.1) is 0 Å². The van der Waals surface area contributed by atoms with Gasteiger partial charge in [0.05, 0.1) is 16.8 Å². The highest BCUT2D eigenvalue weighted by atomic mass is 35.5. The molecule has 2 heterocycles. The number of ether oxygens (including phenoxy) is 1. The Kier molecular flexibility index (Phi) is 9.51. The van der Waals surface area contributed by atoms with E-state index in [9.17, 15) is 19.2 Å².